The fourth-order valence-corrected chi connectivity index (χ4v) is 2.82. The number of benzene rings is 1. The van der Waals surface area contributed by atoms with Gasteiger partial charge in [-0.05, 0) is 36.6 Å². The van der Waals surface area contributed by atoms with Gasteiger partial charge in [0.1, 0.15) is 11.5 Å². The highest BCUT2D eigenvalue weighted by Crippen LogP contribution is 2.38. The molecule has 0 spiro atoms. The Bertz CT molecular complexity index is 768. The van der Waals surface area contributed by atoms with Gasteiger partial charge in [0, 0.05) is 17.1 Å². The molecule has 5 nitrogen and oxygen atoms in total. The summed E-state index contributed by atoms with van der Waals surface area (Å²) in [6, 6.07) is 11.5. The lowest BCUT2D eigenvalue weighted by molar-refractivity contribution is -0.153. The minimum absolute atomic E-state index is 0.0309. The molecule has 0 aliphatic heterocycles. The molecule has 1 fully saturated rings. The number of likely N-dealkylation sites (N-methyl/N-ethyl adjacent to an activating group) is 1. The minimum Gasteiger partial charge on any atom is -0.459 e. The van der Waals surface area contributed by atoms with Crippen LogP contribution in [0.4, 0.5) is 0 Å². The fourth-order valence-electron chi connectivity index (χ4n) is 2.55. The number of hydrogen-bond donors (Lipinski definition) is 0. The Morgan fingerprint density at radius 2 is 1.92 bits per heavy atom. The molecule has 1 aliphatic rings. The van der Waals surface area contributed by atoms with Crippen LogP contribution in [0.15, 0.2) is 45.3 Å². The van der Waals surface area contributed by atoms with Crippen molar-refractivity contribution in [2.75, 3.05) is 13.7 Å². The lowest BCUT2D eigenvalue weighted by Gasteiger charge is -2.15. The molecule has 6 heteroatoms. The molecule has 1 saturated carbocycles. The predicted octanol–water partition coefficient (Wildman–Crippen LogP) is 3.87. The van der Waals surface area contributed by atoms with Gasteiger partial charge in [0.2, 0.25) is 0 Å². The monoisotopic (exact) mass is 405 g/mol. The molecule has 132 valence electrons. The van der Waals surface area contributed by atoms with Gasteiger partial charge in [0.25, 0.3) is 5.91 Å². The average Bonchev–Trinajstić information content (AvgIpc) is 3.15. The smallest absolute Gasteiger partial charge is 0.309 e. The van der Waals surface area contributed by atoms with E-state index in [1.165, 1.54) is 4.90 Å². The Hall–Kier alpha value is -2.08. The van der Waals surface area contributed by atoms with Gasteiger partial charge in [-0.15, -0.1) is 0 Å². The van der Waals surface area contributed by atoms with Gasteiger partial charge in [-0.1, -0.05) is 35.0 Å². The Kier molecular flexibility index (Phi) is 5.27. The summed E-state index contributed by atoms with van der Waals surface area (Å²) >= 11 is 3.40. The Balaban J connectivity index is 1.52. The number of esters is 1. The summed E-state index contributed by atoms with van der Waals surface area (Å²) in [6.07, 6.45) is 0.855. The minimum atomic E-state index is -0.273. The van der Waals surface area contributed by atoms with Gasteiger partial charge in [-0.3, -0.25) is 9.59 Å². The topological polar surface area (TPSA) is 59.8 Å². The predicted molar refractivity (Wildman–Crippen MR) is 96.5 cm³/mol. The van der Waals surface area contributed by atoms with Crippen LogP contribution < -0.4 is 0 Å². The number of carbonyl (C=O) groups excluding carboxylic acids is 2. The Morgan fingerprint density at radius 1 is 1.24 bits per heavy atom. The first kappa shape index (κ1) is 17.7. The number of ether oxygens (including phenoxy) is 1. The third kappa shape index (κ3) is 4.51. The zero-order chi connectivity index (χ0) is 18.0. The second-order valence-corrected chi connectivity index (χ2v) is 7.37. The van der Waals surface area contributed by atoms with Crippen LogP contribution in [-0.2, 0) is 20.9 Å². The van der Waals surface area contributed by atoms with Crippen molar-refractivity contribution in [2.45, 2.75) is 19.9 Å². The molecule has 2 aromatic rings. The van der Waals surface area contributed by atoms with Crippen LogP contribution in [0.25, 0.3) is 11.3 Å². The van der Waals surface area contributed by atoms with Crippen LogP contribution >= 0.6 is 15.9 Å². The average molecular weight is 406 g/mol. The second kappa shape index (κ2) is 7.44. The maximum atomic E-state index is 12.1. The fraction of sp³-hybridized carbons (Fsp3) is 0.368. The van der Waals surface area contributed by atoms with E-state index in [0.29, 0.717) is 18.2 Å². The Labute approximate surface area is 155 Å². The molecule has 2 atom stereocenters. The highest BCUT2D eigenvalue weighted by atomic mass is 79.9. The molecule has 3 rings (SSSR count). The van der Waals surface area contributed by atoms with E-state index in [9.17, 15) is 9.59 Å². The maximum Gasteiger partial charge on any atom is 0.309 e. The van der Waals surface area contributed by atoms with E-state index in [2.05, 4.69) is 15.9 Å². The van der Waals surface area contributed by atoms with Crippen LogP contribution in [0.5, 0.6) is 0 Å². The van der Waals surface area contributed by atoms with Crippen LogP contribution in [-0.4, -0.2) is 30.4 Å². The van der Waals surface area contributed by atoms with E-state index < -0.39 is 0 Å². The molecule has 0 bridgehead atoms. The van der Waals surface area contributed by atoms with Crippen molar-refractivity contribution < 1.29 is 18.7 Å². The van der Waals surface area contributed by atoms with Crippen LogP contribution in [0.3, 0.4) is 0 Å². The molecular formula is C19H20BrNO4. The summed E-state index contributed by atoms with van der Waals surface area (Å²) < 4.78 is 11.9. The van der Waals surface area contributed by atoms with E-state index in [4.69, 9.17) is 9.15 Å². The molecule has 0 radical (unpaired) electrons. The van der Waals surface area contributed by atoms with Crippen molar-refractivity contribution in [1.82, 2.24) is 4.90 Å². The normalized spacial score (nSPS) is 18.7. The number of halogens is 1. The van der Waals surface area contributed by atoms with Gasteiger partial charge >= 0.3 is 5.97 Å². The zero-order valence-corrected chi connectivity index (χ0v) is 15.8. The number of furan rings is 1. The van der Waals surface area contributed by atoms with Crippen LogP contribution in [0.2, 0.25) is 0 Å². The number of hydrogen-bond acceptors (Lipinski definition) is 4. The van der Waals surface area contributed by atoms with Gasteiger partial charge in [-0.2, -0.15) is 0 Å². The molecule has 1 aliphatic carbocycles. The van der Waals surface area contributed by atoms with Crippen LogP contribution in [0.1, 0.15) is 19.1 Å². The number of rotatable bonds is 6. The summed E-state index contributed by atoms with van der Waals surface area (Å²) in [6.45, 7) is 2.10. The van der Waals surface area contributed by atoms with Gasteiger partial charge in [-0.25, -0.2) is 0 Å². The summed E-state index contributed by atoms with van der Waals surface area (Å²) in [4.78, 5) is 25.3. The SMILES string of the molecule is C[C@H]1C[C@@H]1C(=O)OCC(=O)N(C)Cc1ccc(-c2ccc(Br)cc2)o1. The maximum absolute atomic E-state index is 12.1. The lowest BCUT2D eigenvalue weighted by atomic mass is 10.2. The first-order valence-corrected chi connectivity index (χ1v) is 8.98. The van der Waals surface area contributed by atoms with Crippen molar-refractivity contribution in [3.05, 3.63) is 46.6 Å². The van der Waals surface area contributed by atoms with Crippen molar-refractivity contribution in [3.63, 3.8) is 0 Å². The zero-order valence-electron chi connectivity index (χ0n) is 14.2. The van der Waals surface area contributed by atoms with Gasteiger partial charge < -0.3 is 14.1 Å². The second-order valence-electron chi connectivity index (χ2n) is 6.45. The molecule has 0 N–H and O–H groups in total. The van der Waals surface area contributed by atoms with Crippen molar-refractivity contribution in [3.8, 4) is 11.3 Å². The van der Waals surface area contributed by atoms with Crippen molar-refractivity contribution >= 4 is 27.8 Å². The van der Waals surface area contributed by atoms with Gasteiger partial charge in [0.15, 0.2) is 6.61 Å². The molecule has 0 unspecified atom stereocenters. The Morgan fingerprint density at radius 3 is 2.56 bits per heavy atom. The molecule has 1 amide bonds. The molecule has 1 aromatic carbocycles. The third-order valence-electron chi connectivity index (χ3n) is 4.36. The molecular weight excluding hydrogens is 386 g/mol. The van der Waals surface area contributed by atoms with E-state index in [0.717, 1.165) is 22.2 Å². The first-order chi connectivity index (χ1) is 11.9. The lowest BCUT2D eigenvalue weighted by Crippen LogP contribution is -2.31. The molecule has 1 aromatic heterocycles. The summed E-state index contributed by atoms with van der Waals surface area (Å²) in [5.74, 6) is 1.25. The largest absolute Gasteiger partial charge is 0.459 e. The quantitative estimate of drug-likeness (QED) is 0.684. The standard InChI is InChI=1S/C19H20BrNO4/c1-12-9-16(12)19(23)24-11-18(22)21(2)10-15-7-8-17(25-15)13-3-5-14(20)6-4-13/h3-8,12,16H,9-11H2,1-2H3/t12-,16-/m0/s1. The number of carbonyl (C=O) groups is 2. The highest BCUT2D eigenvalue weighted by Gasteiger charge is 2.40. The van der Waals surface area contributed by atoms with Gasteiger partial charge in [0.05, 0.1) is 12.5 Å². The number of amides is 1. The first-order valence-electron chi connectivity index (χ1n) is 8.19. The summed E-state index contributed by atoms with van der Waals surface area (Å²) in [5, 5.41) is 0. The summed E-state index contributed by atoms with van der Waals surface area (Å²) in [5.41, 5.74) is 0.968. The third-order valence-corrected chi connectivity index (χ3v) is 4.89. The molecule has 0 saturated heterocycles. The molecule has 1 heterocycles. The van der Waals surface area contributed by atoms with E-state index in [1.807, 2.05) is 43.3 Å². The van der Waals surface area contributed by atoms with Crippen molar-refractivity contribution in [2.24, 2.45) is 11.8 Å². The van der Waals surface area contributed by atoms with E-state index in [-0.39, 0.29) is 24.4 Å². The number of nitrogens with zero attached hydrogens (tertiary/aromatic N) is 1. The molecule has 25 heavy (non-hydrogen) atoms. The highest BCUT2D eigenvalue weighted by molar-refractivity contribution is 9.10. The van der Waals surface area contributed by atoms with Crippen LogP contribution in [0, 0.1) is 11.8 Å². The summed E-state index contributed by atoms with van der Waals surface area (Å²) in [7, 11) is 1.66. The van der Waals surface area contributed by atoms with Crippen molar-refractivity contribution in [1.29, 1.82) is 0 Å². The van der Waals surface area contributed by atoms with E-state index >= 15 is 0 Å². The van der Waals surface area contributed by atoms with E-state index in [1.54, 1.807) is 7.05 Å².